The van der Waals surface area contributed by atoms with E-state index >= 15 is 0 Å². The Morgan fingerprint density at radius 2 is 1.94 bits per heavy atom. The summed E-state index contributed by atoms with van der Waals surface area (Å²) >= 11 is 0. The monoisotopic (exact) mass is 221 g/mol. The van der Waals surface area contributed by atoms with Gasteiger partial charge < -0.3 is 5.32 Å². The van der Waals surface area contributed by atoms with E-state index in [1.165, 1.54) is 36.9 Å². The second-order valence-corrected chi connectivity index (χ2v) is 5.39. The van der Waals surface area contributed by atoms with E-state index in [1.54, 1.807) is 0 Å². The Kier molecular flexibility index (Phi) is 3.06. The summed E-state index contributed by atoms with van der Waals surface area (Å²) in [6, 6.07) is 0. The Bertz CT molecular complexity index is 373. The smallest absolute Gasteiger partial charge is 0.0641 e. The van der Waals surface area contributed by atoms with Crippen molar-refractivity contribution in [2.24, 2.45) is 7.05 Å². The molecular formula is C13H23N3. The summed E-state index contributed by atoms with van der Waals surface area (Å²) in [5, 5.41) is 8.17. The predicted molar refractivity (Wildman–Crippen MR) is 66.4 cm³/mol. The van der Waals surface area contributed by atoms with Gasteiger partial charge in [0.1, 0.15) is 0 Å². The van der Waals surface area contributed by atoms with Gasteiger partial charge in [-0.3, -0.25) is 4.68 Å². The quantitative estimate of drug-likeness (QED) is 0.849. The number of rotatable bonds is 3. The van der Waals surface area contributed by atoms with Gasteiger partial charge >= 0.3 is 0 Å². The summed E-state index contributed by atoms with van der Waals surface area (Å²) < 4.78 is 1.98. The minimum absolute atomic E-state index is 0.356. The Balaban J connectivity index is 2.04. The van der Waals surface area contributed by atoms with Gasteiger partial charge in [0.15, 0.2) is 0 Å². The van der Waals surface area contributed by atoms with Crippen LogP contribution in [0.5, 0.6) is 0 Å². The molecule has 90 valence electrons. The highest BCUT2D eigenvalue weighted by atomic mass is 15.3. The maximum atomic E-state index is 4.46. The SMILES string of the molecule is Cc1nn(C)c(C)c1CNC1(C)CCCC1. The second kappa shape index (κ2) is 4.21. The maximum Gasteiger partial charge on any atom is 0.0641 e. The molecule has 0 aliphatic heterocycles. The molecule has 0 saturated heterocycles. The van der Waals surface area contributed by atoms with Gasteiger partial charge in [-0.05, 0) is 33.6 Å². The highest BCUT2D eigenvalue weighted by molar-refractivity contribution is 5.24. The summed E-state index contributed by atoms with van der Waals surface area (Å²) in [5.74, 6) is 0. The van der Waals surface area contributed by atoms with Crippen molar-refractivity contribution >= 4 is 0 Å². The summed E-state index contributed by atoms with van der Waals surface area (Å²) in [7, 11) is 2.02. The van der Waals surface area contributed by atoms with Gasteiger partial charge in [-0.25, -0.2) is 0 Å². The van der Waals surface area contributed by atoms with Crippen molar-refractivity contribution < 1.29 is 0 Å². The number of aryl methyl sites for hydroxylation is 2. The van der Waals surface area contributed by atoms with Crippen LogP contribution >= 0.6 is 0 Å². The molecule has 16 heavy (non-hydrogen) atoms. The fourth-order valence-electron chi connectivity index (χ4n) is 2.71. The highest BCUT2D eigenvalue weighted by Crippen LogP contribution is 2.29. The third-order valence-electron chi connectivity index (χ3n) is 4.06. The van der Waals surface area contributed by atoms with Gasteiger partial charge in [-0.15, -0.1) is 0 Å². The molecule has 0 aromatic carbocycles. The van der Waals surface area contributed by atoms with Crippen LogP contribution in [0.25, 0.3) is 0 Å². The first kappa shape index (κ1) is 11.6. The van der Waals surface area contributed by atoms with Crippen LogP contribution in [-0.4, -0.2) is 15.3 Å². The van der Waals surface area contributed by atoms with Crippen molar-refractivity contribution in [1.29, 1.82) is 0 Å². The van der Waals surface area contributed by atoms with Crippen LogP contribution in [0.4, 0.5) is 0 Å². The van der Waals surface area contributed by atoms with Crippen molar-refractivity contribution in [3.63, 3.8) is 0 Å². The van der Waals surface area contributed by atoms with Crippen LogP contribution in [0, 0.1) is 13.8 Å². The summed E-state index contributed by atoms with van der Waals surface area (Å²) in [4.78, 5) is 0. The molecule has 1 saturated carbocycles. The molecule has 1 aliphatic rings. The van der Waals surface area contributed by atoms with Gasteiger partial charge in [0.25, 0.3) is 0 Å². The molecule has 1 N–H and O–H groups in total. The number of nitrogens with one attached hydrogen (secondary N) is 1. The van der Waals surface area contributed by atoms with Crippen LogP contribution in [-0.2, 0) is 13.6 Å². The van der Waals surface area contributed by atoms with E-state index in [1.807, 2.05) is 11.7 Å². The van der Waals surface area contributed by atoms with E-state index in [9.17, 15) is 0 Å². The van der Waals surface area contributed by atoms with Crippen LogP contribution < -0.4 is 5.32 Å². The molecule has 0 radical (unpaired) electrons. The van der Waals surface area contributed by atoms with Gasteiger partial charge in [-0.2, -0.15) is 5.10 Å². The molecule has 2 rings (SSSR count). The number of nitrogens with zero attached hydrogens (tertiary/aromatic N) is 2. The lowest BCUT2D eigenvalue weighted by molar-refractivity contribution is 0.362. The maximum absolute atomic E-state index is 4.46. The topological polar surface area (TPSA) is 29.9 Å². The molecule has 1 heterocycles. The van der Waals surface area contributed by atoms with Crippen LogP contribution in [0.15, 0.2) is 0 Å². The minimum Gasteiger partial charge on any atom is -0.307 e. The highest BCUT2D eigenvalue weighted by Gasteiger charge is 2.28. The summed E-state index contributed by atoms with van der Waals surface area (Å²) in [6.45, 7) is 7.55. The lowest BCUT2D eigenvalue weighted by Crippen LogP contribution is -2.39. The fraction of sp³-hybridized carbons (Fsp3) is 0.769. The molecular weight excluding hydrogens is 198 g/mol. The second-order valence-electron chi connectivity index (χ2n) is 5.39. The average Bonchev–Trinajstić information content (AvgIpc) is 2.73. The molecule has 1 aromatic rings. The molecule has 1 aromatic heterocycles. The van der Waals surface area contributed by atoms with Crippen LogP contribution in [0.1, 0.15) is 49.6 Å². The normalized spacial score (nSPS) is 19.2. The molecule has 3 nitrogen and oxygen atoms in total. The van der Waals surface area contributed by atoms with E-state index in [-0.39, 0.29) is 0 Å². The zero-order valence-corrected chi connectivity index (χ0v) is 10.9. The van der Waals surface area contributed by atoms with Crippen molar-refractivity contribution in [1.82, 2.24) is 15.1 Å². The van der Waals surface area contributed by atoms with Gasteiger partial charge in [0.05, 0.1) is 5.69 Å². The predicted octanol–water partition coefficient (Wildman–Crippen LogP) is 2.46. The molecule has 1 aliphatic carbocycles. The first-order valence-electron chi connectivity index (χ1n) is 6.26. The van der Waals surface area contributed by atoms with E-state index < -0.39 is 0 Å². The largest absolute Gasteiger partial charge is 0.307 e. The zero-order chi connectivity index (χ0) is 11.8. The Morgan fingerprint density at radius 1 is 1.31 bits per heavy atom. The number of hydrogen-bond acceptors (Lipinski definition) is 2. The van der Waals surface area contributed by atoms with Crippen molar-refractivity contribution in [3.8, 4) is 0 Å². The first-order chi connectivity index (χ1) is 7.52. The third-order valence-corrected chi connectivity index (χ3v) is 4.06. The molecule has 0 atom stereocenters. The zero-order valence-electron chi connectivity index (χ0n) is 10.9. The lowest BCUT2D eigenvalue weighted by atomic mass is 10.00. The third kappa shape index (κ3) is 2.14. The number of aromatic nitrogens is 2. The first-order valence-corrected chi connectivity index (χ1v) is 6.26. The van der Waals surface area contributed by atoms with Crippen LogP contribution in [0.3, 0.4) is 0 Å². The number of hydrogen-bond donors (Lipinski definition) is 1. The van der Waals surface area contributed by atoms with E-state index in [2.05, 4.69) is 31.2 Å². The molecule has 1 fully saturated rings. The molecule has 0 spiro atoms. The standard InChI is InChI=1S/C13H23N3/c1-10-12(11(2)16(4)15-10)9-14-13(3)7-5-6-8-13/h14H,5-9H2,1-4H3. The lowest BCUT2D eigenvalue weighted by Gasteiger charge is -2.25. The molecule has 0 amide bonds. The van der Waals surface area contributed by atoms with E-state index in [0.717, 1.165) is 12.2 Å². The fourth-order valence-corrected chi connectivity index (χ4v) is 2.71. The Hall–Kier alpha value is -0.830. The molecule has 3 heteroatoms. The summed E-state index contributed by atoms with van der Waals surface area (Å²) in [6.07, 6.45) is 5.36. The van der Waals surface area contributed by atoms with E-state index in [0.29, 0.717) is 5.54 Å². The summed E-state index contributed by atoms with van der Waals surface area (Å²) in [5.41, 5.74) is 4.17. The Labute approximate surface area is 98.2 Å². The van der Waals surface area contributed by atoms with Crippen LogP contribution in [0.2, 0.25) is 0 Å². The van der Waals surface area contributed by atoms with Crippen molar-refractivity contribution in [3.05, 3.63) is 17.0 Å². The van der Waals surface area contributed by atoms with Crippen molar-refractivity contribution in [2.75, 3.05) is 0 Å². The van der Waals surface area contributed by atoms with Gasteiger partial charge in [-0.1, -0.05) is 12.8 Å². The van der Waals surface area contributed by atoms with Gasteiger partial charge in [0.2, 0.25) is 0 Å². The van der Waals surface area contributed by atoms with Crippen molar-refractivity contribution in [2.45, 2.75) is 58.5 Å². The van der Waals surface area contributed by atoms with E-state index in [4.69, 9.17) is 0 Å². The minimum atomic E-state index is 0.356. The Morgan fingerprint density at radius 3 is 2.44 bits per heavy atom. The van der Waals surface area contributed by atoms with Gasteiger partial charge in [0, 0.05) is 30.4 Å². The molecule has 0 unspecified atom stereocenters. The average molecular weight is 221 g/mol. The molecule has 0 bridgehead atoms.